The van der Waals surface area contributed by atoms with Crippen LogP contribution in [0.2, 0.25) is 0 Å². The summed E-state index contributed by atoms with van der Waals surface area (Å²) in [5.74, 6) is 0.0727. The first-order valence-electron chi connectivity index (χ1n) is 8.64. The molecule has 1 saturated heterocycles. The van der Waals surface area contributed by atoms with Crippen molar-refractivity contribution in [3.05, 3.63) is 70.8 Å². The summed E-state index contributed by atoms with van der Waals surface area (Å²) in [6.07, 6.45) is 0. The van der Waals surface area contributed by atoms with E-state index in [4.69, 9.17) is 0 Å². The molecule has 3 rings (SSSR count). The molecule has 1 amide bonds. The zero-order valence-electron chi connectivity index (χ0n) is 14.8. The highest BCUT2D eigenvalue weighted by Gasteiger charge is 2.27. The number of aryl methyl sites for hydroxylation is 2. The van der Waals surface area contributed by atoms with Crippen LogP contribution in [0.4, 0.5) is 0 Å². The molecule has 2 aromatic rings. The van der Waals surface area contributed by atoms with Crippen LogP contribution in [0.3, 0.4) is 0 Å². The van der Waals surface area contributed by atoms with Crippen molar-refractivity contribution in [2.75, 3.05) is 26.2 Å². The average Bonchev–Trinajstić information content (AvgIpc) is 2.64. The Morgan fingerprint density at radius 2 is 1.44 bits per heavy atom. The molecule has 1 aliphatic rings. The van der Waals surface area contributed by atoms with Gasteiger partial charge in [0, 0.05) is 31.7 Å². The molecule has 1 fully saturated rings. The largest absolute Gasteiger partial charge is 0.336 e. The SMILES string of the molecule is Cc1ccc(C(=O)N2CCN(C(C#N)c3ccc(C)cc3)CC2)cc1. The predicted octanol–water partition coefficient (Wildman–Crippen LogP) is 3.33. The van der Waals surface area contributed by atoms with Crippen molar-refractivity contribution < 1.29 is 4.79 Å². The summed E-state index contributed by atoms with van der Waals surface area (Å²) in [6.45, 7) is 6.78. The molecule has 0 aromatic heterocycles. The molecule has 1 atom stereocenters. The van der Waals surface area contributed by atoms with E-state index in [2.05, 4.69) is 11.0 Å². The monoisotopic (exact) mass is 333 g/mol. The maximum absolute atomic E-state index is 12.6. The van der Waals surface area contributed by atoms with Crippen molar-refractivity contribution in [3.63, 3.8) is 0 Å². The molecule has 4 heteroatoms. The molecule has 4 nitrogen and oxygen atoms in total. The second-order valence-electron chi connectivity index (χ2n) is 6.64. The quantitative estimate of drug-likeness (QED) is 0.865. The molecular formula is C21H23N3O. The Balaban J connectivity index is 1.64. The van der Waals surface area contributed by atoms with Crippen molar-refractivity contribution in [2.24, 2.45) is 0 Å². The fourth-order valence-corrected chi connectivity index (χ4v) is 3.18. The fraction of sp³-hybridized carbons (Fsp3) is 0.333. The van der Waals surface area contributed by atoms with Gasteiger partial charge in [-0.25, -0.2) is 0 Å². The van der Waals surface area contributed by atoms with Crippen LogP contribution in [-0.2, 0) is 0 Å². The second-order valence-corrected chi connectivity index (χ2v) is 6.64. The molecule has 0 radical (unpaired) electrons. The summed E-state index contributed by atoms with van der Waals surface area (Å²) in [6, 6.07) is 18.0. The highest BCUT2D eigenvalue weighted by atomic mass is 16.2. The zero-order valence-corrected chi connectivity index (χ0v) is 14.8. The number of nitriles is 1. The highest BCUT2D eigenvalue weighted by Crippen LogP contribution is 2.22. The fourth-order valence-electron chi connectivity index (χ4n) is 3.18. The minimum Gasteiger partial charge on any atom is -0.336 e. The predicted molar refractivity (Wildman–Crippen MR) is 98.2 cm³/mol. The summed E-state index contributed by atoms with van der Waals surface area (Å²) in [5, 5.41) is 9.61. The van der Waals surface area contributed by atoms with Crippen LogP contribution in [0.5, 0.6) is 0 Å². The first kappa shape index (κ1) is 17.2. The van der Waals surface area contributed by atoms with Gasteiger partial charge in [-0.1, -0.05) is 47.5 Å². The molecule has 1 heterocycles. The first-order valence-corrected chi connectivity index (χ1v) is 8.64. The van der Waals surface area contributed by atoms with Gasteiger partial charge in [0.05, 0.1) is 6.07 Å². The molecule has 1 unspecified atom stereocenters. The van der Waals surface area contributed by atoms with Gasteiger partial charge in [-0.05, 0) is 31.5 Å². The lowest BCUT2D eigenvalue weighted by molar-refractivity contribution is 0.0606. The van der Waals surface area contributed by atoms with E-state index in [0.717, 1.165) is 16.7 Å². The second kappa shape index (κ2) is 7.50. The van der Waals surface area contributed by atoms with E-state index in [1.165, 1.54) is 5.56 Å². The first-order chi connectivity index (χ1) is 12.1. The maximum atomic E-state index is 12.6. The van der Waals surface area contributed by atoms with Gasteiger partial charge in [0.15, 0.2) is 0 Å². The van der Waals surface area contributed by atoms with Crippen molar-refractivity contribution in [2.45, 2.75) is 19.9 Å². The number of hydrogen-bond donors (Lipinski definition) is 0. The standard InChI is InChI=1S/C21H23N3O/c1-16-3-7-18(8-4-16)20(15-22)23-11-13-24(14-12-23)21(25)19-9-5-17(2)6-10-19/h3-10,20H,11-14H2,1-2H3. The number of nitrogens with zero attached hydrogens (tertiary/aromatic N) is 3. The third kappa shape index (κ3) is 3.89. The third-order valence-corrected chi connectivity index (χ3v) is 4.78. The molecule has 0 spiro atoms. The van der Waals surface area contributed by atoms with Gasteiger partial charge in [-0.2, -0.15) is 5.26 Å². The molecule has 0 saturated carbocycles. The lowest BCUT2D eigenvalue weighted by Crippen LogP contribution is -2.49. The Morgan fingerprint density at radius 3 is 1.96 bits per heavy atom. The minimum absolute atomic E-state index is 0.0727. The Hall–Kier alpha value is -2.64. The van der Waals surface area contributed by atoms with Crippen LogP contribution in [0, 0.1) is 25.2 Å². The molecule has 25 heavy (non-hydrogen) atoms. The summed E-state index contributed by atoms with van der Waals surface area (Å²) in [5.41, 5.74) is 4.09. The lowest BCUT2D eigenvalue weighted by atomic mass is 10.0. The number of piperazine rings is 1. The molecule has 0 N–H and O–H groups in total. The molecule has 0 bridgehead atoms. The topological polar surface area (TPSA) is 47.3 Å². The minimum atomic E-state index is -0.253. The maximum Gasteiger partial charge on any atom is 0.253 e. The number of carbonyl (C=O) groups excluding carboxylic acids is 1. The van der Waals surface area contributed by atoms with E-state index in [1.54, 1.807) is 0 Å². The number of hydrogen-bond acceptors (Lipinski definition) is 3. The van der Waals surface area contributed by atoms with Crippen LogP contribution in [0.1, 0.15) is 33.1 Å². The number of rotatable bonds is 3. The van der Waals surface area contributed by atoms with Gasteiger partial charge in [0.25, 0.3) is 5.91 Å². The molecule has 1 aliphatic heterocycles. The molecular weight excluding hydrogens is 310 g/mol. The number of amides is 1. The van der Waals surface area contributed by atoms with Gasteiger partial charge in [0.1, 0.15) is 6.04 Å². The average molecular weight is 333 g/mol. The van der Waals surface area contributed by atoms with Gasteiger partial charge < -0.3 is 4.90 Å². The van der Waals surface area contributed by atoms with Crippen LogP contribution in [0.25, 0.3) is 0 Å². The van der Waals surface area contributed by atoms with Crippen molar-refractivity contribution >= 4 is 5.91 Å². The van der Waals surface area contributed by atoms with E-state index in [1.807, 2.05) is 67.3 Å². The van der Waals surface area contributed by atoms with Crippen molar-refractivity contribution in [3.8, 4) is 6.07 Å². The molecule has 2 aromatic carbocycles. The van der Waals surface area contributed by atoms with E-state index < -0.39 is 0 Å². The van der Waals surface area contributed by atoms with Gasteiger partial charge in [-0.3, -0.25) is 9.69 Å². The van der Waals surface area contributed by atoms with Crippen LogP contribution in [0.15, 0.2) is 48.5 Å². The van der Waals surface area contributed by atoms with E-state index in [0.29, 0.717) is 26.2 Å². The van der Waals surface area contributed by atoms with Crippen molar-refractivity contribution in [1.82, 2.24) is 9.80 Å². The summed E-state index contributed by atoms with van der Waals surface area (Å²) < 4.78 is 0. The van der Waals surface area contributed by atoms with E-state index in [9.17, 15) is 10.1 Å². The summed E-state index contributed by atoms with van der Waals surface area (Å²) in [4.78, 5) is 16.6. The number of benzene rings is 2. The Bertz CT molecular complexity index is 766. The van der Waals surface area contributed by atoms with Crippen LogP contribution < -0.4 is 0 Å². The van der Waals surface area contributed by atoms with Gasteiger partial charge in [0.2, 0.25) is 0 Å². The zero-order chi connectivity index (χ0) is 17.8. The van der Waals surface area contributed by atoms with E-state index in [-0.39, 0.29) is 11.9 Å². The Labute approximate surface area is 149 Å². The lowest BCUT2D eigenvalue weighted by Gasteiger charge is -2.37. The Morgan fingerprint density at radius 1 is 0.920 bits per heavy atom. The normalized spacial score (nSPS) is 16.3. The number of carbonyl (C=O) groups is 1. The summed E-state index contributed by atoms with van der Waals surface area (Å²) >= 11 is 0. The molecule has 0 aliphatic carbocycles. The van der Waals surface area contributed by atoms with Crippen molar-refractivity contribution in [1.29, 1.82) is 5.26 Å². The highest BCUT2D eigenvalue weighted by molar-refractivity contribution is 5.94. The van der Waals surface area contributed by atoms with E-state index >= 15 is 0 Å². The third-order valence-electron chi connectivity index (χ3n) is 4.78. The molecule has 128 valence electrons. The summed E-state index contributed by atoms with van der Waals surface area (Å²) in [7, 11) is 0. The van der Waals surface area contributed by atoms with Gasteiger partial charge in [-0.15, -0.1) is 0 Å². The van der Waals surface area contributed by atoms with Crippen LogP contribution in [-0.4, -0.2) is 41.9 Å². The van der Waals surface area contributed by atoms with Gasteiger partial charge >= 0.3 is 0 Å². The Kier molecular flexibility index (Phi) is 5.16. The van der Waals surface area contributed by atoms with Crippen LogP contribution >= 0.6 is 0 Å². The smallest absolute Gasteiger partial charge is 0.253 e.